The fraction of sp³-hybridized carbons (Fsp3) is 0.125. The summed E-state index contributed by atoms with van der Waals surface area (Å²) in [6.07, 6.45) is 4.76. The van der Waals surface area contributed by atoms with Gasteiger partial charge in [0.1, 0.15) is 0 Å². The molecule has 2 aromatic carbocycles. The number of amides is 1. The molecule has 0 bridgehead atoms. The van der Waals surface area contributed by atoms with E-state index in [1.54, 1.807) is 30.5 Å². The Morgan fingerprint density at radius 2 is 1.85 bits per heavy atom. The fourth-order valence-corrected chi connectivity index (χ4v) is 4.91. The molecule has 0 saturated heterocycles. The van der Waals surface area contributed by atoms with Gasteiger partial charge in [-0.1, -0.05) is 29.0 Å². The number of hydrogen-bond donors (Lipinski definition) is 0. The van der Waals surface area contributed by atoms with Crippen LogP contribution in [0.2, 0.25) is 5.02 Å². The fourth-order valence-electron chi connectivity index (χ4n) is 3.09. The molecule has 0 radical (unpaired) electrons. The third kappa shape index (κ3) is 5.22. The first-order valence-corrected chi connectivity index (χ1v) is 12.1. The summed E-state index contributed by atoms with van der Waals surface area (Å²) in [7, 11) is 4.61. The average molecular weight is 514 g/mol. The number of thiophene rings is 1. The van der Waals surface area contributed by atoms with Crippen LogP contribution in [-0.4, -0.2) is 38.4 Å². The van der Waals surface area contributed by atoms with Crippen LogP contribution in [0.1, 0.15) is 10.4 Å². The molecule has 0 atom stereocenters. The lowest BCUT2D eigenvalue weighted by molar-refractivity contribution is -0.114. The summed E-state index contributed by atoms with van der Waals surface area (Å²) in [5.41, 5.74) is 1.38. The second kappa shape index (κ2) is 10.7. The maximum atomic E-state index is 13.2. The molecule has 4 rings (SSSR count). The van der Waals surface area contributed by atoms with Gasteiger partial charge in [0.25, 0.3) is 5.91 Å². The molecule has 0 saturated carbocycles. The van der Waals surface area contributed by atoms with Gasteiger partial charge in [0.2, 0.25) is 10.9 Å². The molecule has 10 heteroatoms. The minimum absolute atomic E-state index is 0.345. The van der Waals surface area contributed by atoms with E-state index in [0.717, 1.165) is 15.1 Å². The highest BCUT2D eigenvalue weighted by molar-refractivity contribution is 7.22. The number of fused-ring (bicyclic) bond motifs is 1. The van der Waals surface area contributed by atoms with Crippen molar-refractivity contribution in [2.24, 2.45) is 5.10 Å². The van der Waals surface area contributed by atoms with Crippen molar-refractivity contribution in [3.63, 3.8) is 0 Å². The van der Waals surface area contributed by atoms with Gasteiger partial charge in [0.15, 0.2) is 11.5 Å². The van der Waals surface area contributed by atoms with Crippen molar-refractivity contribution >= 4 is 67.8 Å². The number of rotatable bonds is 8. The molecular formula is C24H20ClN3O4S2. The molecule has 0 N–H and O–H groups in total. The highest BCUT2D eigenvalue weighted by atomic mass is 35.5. The molecule has 0 spiro atoms. The second-order valence-corrected chi connectivity index (χ2v) is 9.24. The Balaban J connectivity index is 1.73. The van der Waals surface area contributed by atoms with Gasteiger partial charge in [-0.25, -0.2) is 4.98 Å². The van der Waals surface area contributed by atoms with E-state index in [2.05, 4.69) is 10.1 Å². The Kier molecular flexibility index (Phi) is 7.46. The number of ether oxygens (including phenoxy) is 3. The number of hydrogen-bond acceptors (Lipinski definition) is 8. The van der Waals surface area contributed by atoms with E-state index < -0.39 is 0 Å². The molecule has 34 heavy (non-hydrogen) atoms. The van der Waals surface area contributed by atoms with Gasteiger partial charge in [-0.3, -0.25) is 4.79 Å². The number of halogens is 1. The minimum atomic E-state index is -0.345. The topological polar surface area (TPSA) is 73.2 Å². The zero-order chi connectivity index (χ0) is 24.1. The Hall–Kier alpha value is -3.40. The van der Waals surface area contributed by atoms with Crippen LogP contribution in [0.4, 0.5) is 5.13 Å². The summed E-state index contributed by atoms with van der Waals surface area (Å²) in [5, 5.41) is 8.68. The number of anilines is 1. The lowest BCUT2D eigenvalue weighted by Gasteiger charge is -2.14. The predicted octanol–water partition coefficient (Wildman–Crippen LogP) is 6.12. The average Bonchev–Trinajstić information content (AvgIpc) is 3.51. The van der Waals surface area contributed by atoms with Crippen molar-refractivity contribution in [2.75, 3.05) is 26.3 Å². The van der Waals surface area contributed by atoms with Gasteiger partial charge in [0, 0.05) is 21.5 Å². The van der Waals surface area contributed by atoms with Crippen LogP contribution in [0.5, 0.6) is 17.2 Å². The highest BCUT2D eigenvalue weighted by Gasteiger charge is 2.18. The van der Waals surface area contributed by atoms with Crippen molar-refractivity contribution in [3.05, 3.63) is 69.4 Å². The van der Waals surface area contributed by atoms with Gasteiger partial charge < -0.3 is 14.2 Å². The van der Waals surface area contributed by atoms with Crippen molar-refractivity contribution in [2.45, 2.75) is 0 Å². The monoisotopic (exact) mass is 513 g/mol. The van der Waals surface area contributed by atoms with Gasteiger partial charge in [-0.05, 0) is 47.9 Å². The van der Waals surface area contributed by atoms with E-state index in [1.807, 2.05) is 29.6 Å². The normalized spacial score (nSPS) is 11.4. The van der Waals surface area contributed by atoms with Crippen LogP contribution in [0.15, 0.2) is 59.0 Å². The molecule has 0 aliphatic heterocycles. The molecule has 7 nitrogen and oxygen atoms in total. The molecule has 0 aliphatic rings. The van der Waals surface area contributed by atoms with E-state index >= 15 is 0 Å². The Bertz CT molecular complexity index is 1340. The van der Waals surface area contributed by atoms with Crippen molar-refractivity contribution in [3.8, 4) is 17.2 Å². The third-order valence-corrected chi connectivity index (χ3v) is 6.74. The first-order chi connectivity index (χ1) is 16.5. The standard InChI is InChI=1S/C24H20ClN3O4S2/c1-30-19-11-15(12-20(31-2)23(19)32-3)14-26-28(22(29)9-7-17-5-4-10-33-17)24-27-18-8-6-16(25)13-21(18)34-24/h4-14H,1-3H3. The smallest absolute Gasteiger partial charge is 0.273 e. The largest absolute Gasteiger partial charge is 0.493 e. The molecule has 0 aliphatic carbocycles. The highest BCUT2D eigenvalue weighted by Crippen LogP contribution is 2.38. The number of thiazole rings is 1. The molecule has 174 valence electrons. The van der Waals surface area contributed by atoms with E-state index in [9.17, 15) is 4.79 Å². The molecule has 1 amide bonds. The molecule has 2 aromatic heterocycles. The SMILES string of the molecule is COc1cc(C=NN(C(=O)C=Cc2cccs2)c2nc3ccc(Cl)cc3s2)cc(OC)c1OC. The van der Waals surface area contributed by atoms with Gasteiger partial charge in [-0.15, -0.1) is 11.3 Å². The summed E-state index contributed by atoms with van der Waals surface area (Å²) < 4.78 is 17.0. The predicted molar refractivity (Wildman–Crippen MR) is 139 cm³/mol. The second-order valence-electron chi connectivity index (χ2n) is 6.81. The zero-order valence-electron chi connectivity index (χ0n) is 18.5. The number of methoxy groups -OCH3 is 3. The summed E-state index contributed by atoms with van der Waals surface area (Å²) in [4.78, 5) is 18.7. The van der Waals surface area contributed by atoms with Crippen molar-refractivity contribution in [1.82, 2.24) is 4.98 Å². The van der Waals surface area contributed by atoms with Crippen LogP contribution in [0.25, 0.3) is 16.3 Å². The van der Waals surface area contributed by atoms with Crippen LogP contribution in [0, 0.1) is 0 Å². The number of benzene rings is 2. The number of nitrogens with zero attached hydrogens (tertiary/aromatic N) is 3. The summed E-state index contributed by atoms with van der Waals surface area (Å²) in [5.74, 6) is 1.08. The molecule has 2 heterocycles. The summed E-state index contributed by atoms with van der Waals surface area (Å²) in [6, 6.07) is 12.7. The molecule has 0 fully saturated rings. The molecule has 4 aromatic rings. The van der Waals surface area contributed by atoms with E-state index in [0.29, 0.717) is 33.0 Å². The summed E-state index contributed by atoms with van der Waals surface area (Å²) >= 11 is 8.98. The Morgan fingerprint density at radius 1 is 1.09 bits per heavy atom. The quantitative estimate of drug-likeness (QED) is 0.161. The lowest BCUT2D eigenvalue weighted by Crippen LogP contribution is -2.23. The number of aromatic nitrogens is 1. The minimum Gasteiger partial charge on any atom is -0.493 e. The van der Waals surface area contributed by atoms with Crippen LogP contribution in [0.3, 0.4) is 0 Å². The van der Waals surface area contributed by atoms with E-state index in [4.69, 9.17) is 25.8 Å². The van der Waals surface area contributed by atoms with Crippen molar-refractivity contribution < 1.29 is 19.0 Å². The zero-order valence-corrected chi connectivity index (χ0v) is 20.9. The van der Waals surface area contributed by atoms with Crippen LogP contribution in [-0.2, 0) is 4.79 Å². The van der Waals surface area contributed by atoms with Gasteiger partial charge in [0.05, 0.1) is 37.8 Å². The van der Waals surface area contributed by atoms with Crippen LogP contribution >= 0.6 is 34.3 Å². The molecular weight excluding hydrogens is 494 g/mol. The summed E-state index contributed by atoms with van der Waals surface area (Å²) in [6.45, 7) is 0. The molecule has 0 unspecified atom stereocenters. The number of hydrazone groups is 1. The Labute approximate surface area is 209 Å². The van der Waals surface area contributed by atoms with Gasteiger partial charge in [-0.2, -0.15) is 10.1 Å². The lowest BCUT2D eigenvalue weighted by atomic mass is 10.2. The Morgan fingerprint density at radius 3 is 2.50 bits per heavy atom. The van der Waals surface area contributed by atoms with Crippen molar-refractivity contribution in [1.29, 1.82) is 0 Å². The van der Waals surface area contributed by atoms with E-state index in [-0.39, 0.29) is 5.91 Å². The maximum absolute atomic E-state index is 13.2. The first-order valence-electron chi connectivity index (χ1n) is 9.98. The van der Waals surface area contributed by atoms with E-state index in [1.165, 1.54) is 55.1 Å². The van der Waals surface area contributed by atoms with Gasteiger partial charge >= 0.3 is 0 Å². The maximum Gasteiger partial charge on any atom is 0.273 e. The first kappa shape index (κ1) is 23.7. The van der Waals surface area contributed by atoms with Crippen LogP contribution < -0.4 is 19.2 Å². The number of carbonyl (C=O) groups is 1. The number of carbonyl (C=O) groups excluding carboxylic acids is 1. The third-order valence-electron chi connectivity index (χ3n) is 4.67.